The molecule has 3 heterocycles. The molecule has 0 aliphatic carbocycles. The number of aromatic nitrogens is 3. The maximum Gasteiger partial charge on any atom is 0.328 e. The van der Waals surface area contributed by atoms with E-state index in [0.29, 0.717) is 29.2 Å². The van der Waals surface area contributed by atoms with Crippen LogP contribution in [-0.2, 0) is 13.1 Å². The minimum absolute atomic E-state index is 0.194. The van der Waals surface area contributed by atoms with Crippen molar-refractivity contribution in [3.05, 3.63) is 68.6 Å². The number of hydrogen-bond acceptors (Lipinski definition) is 6. The van der Waals surface area contributed by atoms with Crippen LogP contribution in [0.15, 0.2) is 46.1 Å². The third-order valence-electron chi connectivity index (χ3n) is 6.09. The summed E-state index contributed by atoms with van der Waals surface area (Å²) in [6.07, 6.45) is 1.75. The maximum atomic E-state index is 12.5. The summed E-state index contributed by atoms with van der Waals surface area (Å²) < 4.78 is 1.21. The number of carbonyl (C=O) groups excluding carboxylic acids is 1. The lowest BCUT2D eigenvalue weighted by molar-refractivity contribution is 0.0958. The number of nitrogens with one attached hydrogen (secondary N) is 2. The molecule has 0 radical (unpaired) electrons. The third kappa shape index (κ3) is 4.16. The van der Waals surface area contributed by atoms with Gasteiger partial charge in [-0.3, -0.25) is 19.1 Å². The Kier molecular flexibility index (Phi) is 6.09. The number of aromatic amines is 1. The lowest BCUT2D eigenvalue weighted by Gasteiger charge is -2.41. The SMILES string of the molecule is CCn1c(=O)[nH]c2cc(CN3CCN(c4ccc(C(=O)NC)nc4)CC3C)ccc2c1=O. The van der Waals surface area contributed by atoms with Crippen molar-refractivity contribution >= 4 is 22.5 Å². The second-order valence-corrected chi connectivity index (χ2v) is 8.11. The van der Waals surface area contributed by atoms with E-state index in [0.717, 1.165) is 37.4 Å². The molecule has 1 atom stereocenters. The number of pyridine rings is 1. The Balaban J connectivity index is 1.46. The minimum Gasteiger partial charge on any atom is -0.367 e. The molecule has 32 heavy (non-hydrogen) atoms. The zero-order valence-corrected chi connectivity index (χ0v) is 18.6. The first-order valence-electron chi connectivity index (χ1n) is 10.8. The predicted molar refractivity (Wildman–Crippen MR) is 124 cm³/mol. The fourth-order valence-corrected chi connectivity index (χ4v) is 4.22. The number of H-pyrrole nitrogens is 1. The Hall–Kier alpha value is -3.46. The average Bonchev–Trinajstić information content (AvgIpc) is 2.80. The van der Waals surface area contributed by atoms with Crippen molar-refractivity contribution < 1.29 is 4.79 Å². The first kappa shape index (κ1) is 21.8. The van der Waals surface area contributed by atoms with Gasteiger partial charge in [0.05, 0.1) is 22.8 Å². The van der Waals surface area contributed by atoms with E-state index in [4.69, 9.17) is 0 Å². The van der Waals surface area contributed by atoms with Gasteiger partial charge in [0.2, 0.25) is 0 Å². The zero-order chi connectivity index (χ0) is 22.8. The third-order valence-corrected chi connectivity index (χ3v) is 6.09. The molecule has 4 rings (SSSR count). The summed E-state index contributed by atoms with van der Waals surface area (Å²) in [5.74, 6) is -0.194. The Morgan fingerprint density at radius 2 is 2.03 bits per heavy atom. The van der Waals surface area contributed by atoms with Crippen molar-refractivity contribution in [3.8, 4) is 0 Å². The van der Waals surface area contributed by atoms with Gasteiger partial charge in [0, 0.05) is 45.8 Å². The molecular formula is C23H28N6O3. The molecule has 9 nitrogen and oxygen atoms in total. The van der Waals surface area contributed by atoms with Crippen LogP contribution in [0.1, 0.15) is 29.9 Å². The molecule has 168 valence electrons. The molecule has 9 heteroatoms. The van der Waals surface area contributed by atoms with Gasteiger partial charge in [0.25, 0.3) is 11.5 Å². The van der Waals surface area contributed by atoms with Crippen LogP contribution in [0.25, 0.3) is 10.9 Å². The first-order valence-corrected chi connectivity index (χ1v) is 10.8. The molecule has 0 bridgehead atoms. The molecule has 2 aromatic heterocycles. The van der Waals surface area contributed by atoms with Crippen molar-refractivity contribution in [2.45, 2.75) is 33.0 Å². The van der Waals surface area contributed by atoms with Crippen LogP contribution in [0, 0.1) is 0 Å². The summed E-state index contributed by atoms with van der Waals surface area (Å²) in [5.41, 5.74) is 2.41. The van der Waals surface area contributed by atoms with Crippen molar-refractivity contribution in [2.75, 3.05) is 31.6 Å². The minimum atomic E-state index is -0.375. The number of rotatable bonds is 5. The molecule has 1 aliphatic rings. The summed E-state index contributed by atoms with van der Waals surface area (Å²) in [7, 11) is 1.59. The van der Waals surface area contributed by atoms with Gasteiger partial charge in [-0.1, -0.05) is 6.07 Å². The summed E-state index contributed by atoms with van der Waals surface area (Å²) in [5, 5.41) is 3.11. The Labute approximate surface area is 185 Å². The number of benzene rings is 1. The highest BCUT2D eigenvalue weighted by atomic mass is 16.2. The van der Waals surface area contributed by atoms with E-state index in [-0.39, 0.29) is 17.2 Å². The molecule has 0 saturated carbocycles. The van der Waals surface area contributed by atoms with Crippen molar-refractivity contribution in [1.82, 2.24) is 24.8 Å². The van der Waals surface area contributed by atoms with Crippen LogP contribution >= 0.6 is 0 Å². The number of piperazine rings is 1. The standard InChI is InChI=1S/C23H28N6O3/c1-4-29-22(31)18-7-5-16(11-20(18)26-23(29)32)14-27-9-10-28(13-15(27)2)17-6-8-19(25-12-17)21(30)24-3/h5-8,11-12,15H,4,9-10,13-14H2,1-3H3,(H,24,30)(H,26,32). The summed E-state index contributed by atoms with van der Waals surface area (Å²) in [6.45, 7) is 7.59. The van der Waals surface area contributed by atoms with Gasteiger partial charge in [-0.25, -0.2) is 9.78 Å². The quantitative estimate of drug-likeness (QED) is 0.623. The van der Waals surface area contributed by atoms with Crippen LogP contribution in [0.3, 0.4) is 0 Å². The molecular weight excluding hydrogens is 408 g/mol. The fraction of sp³-hybridized carbons (Fsp3) is 0.391. The first-order chi connectivity index (χ1) is 15.4. The zero-order valence-electron chi connectivity index (χ0n) is 18.6. The number of carbonyl (C=O) groups is 1. The van der Waals surface area contributed by atoms with Gasteiger partial charge in [0.1, 0.15) is 5.69 Å². The Bertz CT molecular complexity index is 1250. The van der Waals surface area contributed by atoms with Gasteiger partial charge >= 0.3 is 5.69 Å². The molecule has 1 aromatic carbocycles. The predicted octanol–water partition coefficient (Wildman–Crippen LogP) is 1.18. The van der Waals surface area contributed by atoms with Crippen molar-refractivity contribution in [3.63, 3.8) is 0 Å². The molecule has 1 unspecified atom stereocenters. The fourth-order valence-electron chi connectivity index (χ4n) is 4.22. The molecule has 0 spiro atoms. The van der Waals surface area contributed by atoms with E-state index in [1.54, 1.807) is 32.3 Å². The summed E-state index contributed by atoms with van der Waals surface area (Å²) >= 11 is 0. The largest absolute Gasteiger partial charge is 0.367 e. The Morgan fingerprint density at radius 3 is 2.69 bits per heavy atom. The van der Waals surface area contributed by atoms with E-state index in [1.807, 2.05) is 18.2 Å². The monoisotopic (exact) mass is 436 g/mol. The van der Waals surface area contributed by atoms with Crippen LogP contribution in [0.2, 0.25) is 0 Å². The average molecular weight is 437 g/mol. The normalized spacial score (nSPS) is 17.0. The molecule has 1 amide bonds. The number of fused-ring (bicyclic) bond motifs is 1. The van der Waals surface area contributed by atoms with Crippen LogP contribution in [0.4, 0.5) is 5.69 Å². The maximum absolute atomic E-state index is 12.5. The molecule has 1 aliphatic heterocycles. The number of hydrogen-bond donors (Lipinski definition) is 2. The van der Waals surface area contributed by atoms with Gasteiger partial charge < -0.3 is 15.2 Å². The van der Waals surface area contributed by atoms with E-state index < -0.39 is 0 Å². The second-order valence-electron chi connectivity index (χ2n) is 8.11. The van der Waals surface area contributed by atoms with E-state index in [9.17, 15) is 14.4 Å². The lowest BCUT2D eigenvalue weighted by Crippen LogP contribution is -2.51. The Morgan fingerprint density at radius 1 is 1.22 bits per heavy atom. The lowest BCUT2D eigenvalue weighted by atomic mass is 10.1. The highest BCUT2D eigenvalue weighted by molar-refractivity contribution is 5.92. The number of amides is 1. The smallest absolute Gasteiger partial charge is 0.328 e. The number of nitrogens with zero attached hydrogens (tertiary/aromatic N) is 4. The summed E-state index contributed by atoms with van der Waals surface area (Å²) in [4.78, 5) is 48.1. The van der Waals surface area contributed by atoms with Crippen molar-refractivity contribution in [2.24, 2.45) is 0 Å². The topological polar surface area (TPSA) is 103 Å². The van der Waals surface area contributed by atoms with Crippen LogP contribution < -0.4 is 21.5 Å². The highest BCUT2D eigenvalue weighted by Crippen LogP contribution is 2.21. The van der Waals surface area contributed by atoms with Crippen LogP contribution in [0.5, 0.6) is 0 Å². The van der Waals surface area contributed by atoms with E-state index in [1.165, 1.54) is 4.57 Å². The van der Waals surface area contributed by atoms with Crippen LogP contribution in [-0.4, -0.2) is 58.1 Å². The van der Waals surface area contributed by atoms with Gasteiger partial charge in [-0.2, -0.15) is 0 Å². The molecule has 2 N–H and O–H groups in total. The van der Waals surface area contributed by atoms with Gasteiger partial charge in [-0.05, 0) is 43.7 Å². The molecule has 1 saturated heterocycles. The number of anilines is 1. The van der Waals surface area contributed by atoms with Gasteiger partial charge in [-0.15, -0.1) is 0 Å². The second kappa shape index (κ2) is 8.96. The van der Waals surface area contributed by atoms with E-state index >= 15 is 0 Å². The summed E-state index contributed by atoms with van der Waals surface area (Å²) in [6, 6.07) is 9.64. The van der Waals surface area contributed by atoms with E-state index in [2.05, 4.69) is 32.0 Å². The highest BCUT2D eigenvalue weighted by Gasteiger charge is 2.24. The van der Waals surface area contributed by atoms with Gasteiger partial charge in [0.15, 0.2) is 0 Å². The molecule has 1 fully saturated rings. The van der Waals surface area contributed by atoms with Crippen molar-refractivity contribution in [1.29, 1.82) is 0 Å². The molecule has 3 aromatic rings.